The summed E-state index contributed by atoms with van der Waals surface area (Å²) in [5.74, 6) is 1.29. The number of hydrogen-bond donors (Lipinski definition) is 2. The van der Waals surface area contributed by atoms with Crippen molar-refractivity contribution in [2.75, 3.05) is 13.7 Å². The maximum atomic E-state index is 13.0. The highest BCUT2D eigenvalue weighted by atomic mass is 16.5. The van der Waals surface area contributed by atoms with E-state index < -0.39 is 12.1 Å². The molecule has 0 unspecified atom stereocenters. The van der Waals surface area contributed by atoms with E-state index in [1.165, 1.54) is 12.8 Å². The van der Waals surface area contributed by atoms with Crippen LogP contribution in [0.1, 0.15) is 53.2 Å². The molecular formula is C24H27N3O5. The summed E-state index contributed by atoms with van der Waals surface area (Å²) in [6.45, 7) is 0.694. The Balaban J connectivity index is 1.50. The zero-order valence-corrected chi connectivity index (χ0v) is 18.0. The van der Waals surface area contributed by atoms with E-state index in [9.17, 15) is 14.4 Å². The van der Waals surface area contributed by atoms with Gasteiger partial charge in [-0.15, -0.1) is 0 Å². The van der Waals surface area contributed by atoms with Gasteiger partial charge < -0.3 is 19.7 Å². The van der Waals surface area contributed by atoms with Gasteiger partial charge in [0.25, 0.3) is 5.91 Å². The predicted octanol–water partition coefficient (Wildman–Crippen LogP) is 3.17. The molecule has 1 aliphatic heterocycles. The Bertz CT molecular complexity index is 986. The third-order valence-corrected chi connectivity index (χ3v) is 5.98. The number of ether oxygens (including phenoxy) is 2. The molecular weight excluding hydrogens is 410 g/mol. The maximum absolute atomic E-state index is 13.0. The van der Waals surface area contributed by atoms with Gasteiger partial charge in [-0.3, -0.25) is 14.9 Å². The van der Waals surface area contributed by atoms with Crippen molar-refractivity contribution in [3.8, 4) is 11.5 Å². The molecule has 2 aromatic rings. The van der Waals surface area contributed by atoms with Crippen molar-refractivity contribution in [1.29, 1.82) is 0 Å². The van der Waals surface area contributed by atoms with E-state index in [0.717, 1.165) is 29.7 Å². The Morgan fingerprint density at radius 2 is 1.88 bits per heavy atom. The highest BCUT2D eigenvalue weighted by Gasteiger charge is 2.30. The van der Waals surface area contributed by atoms with Crippen LogP contribution in [-0.2, 0) is 11.3 Å². The average molecular weight is 437 g/mol. The van der Waals surface area contributed by atoms with Crippen molar-refractivity contribution in [2.45, 2.75) is 44.4 Å². The molecule has 1 atom stereocenters. The number of carbonyl (C=O) groups excluding carboxylic acids is 3. The van der Waals surface area contributed by atoms with Crippen LogP contribution in [-0.4, -0.2) is 43.0 Å². The highest BCUT2D eigenvalue weighted by molar-refractivity contribution is 5.98. The van der Waals surface area contributed by atoms with Gasteiger partial charge in [-0.25, -0.2) is 4.79 Å². The molecule has 2 aliphatic rings. The molecule has 2 N–H and O–H groups in total. The number of hydrogen-bond acceptors (Lipinski definition) is 5. The van der Waals surface area contributed by atoms with E-state index >= 15 is 0 Å². The van der Waals surface area contributed by atoms with Gasteiger partial charge in [-0.2, -0.15) is 0 Å². The van der Waals surface area contributed by atoms with Crippen molar-refractivity contribution in [3.63, 3.8) is 0 Å². The van der Waals surface area contributed by atoms with Gasteiger partial charge in [0.05, 0.1) is 19.3 Å². The third-order valence-electron chi connectivity index (χ3n) is 5.98. The van der Waals surface area contributed by atoms with Gasteiger partial charge in [0.15, 0.2) is 0 Å². The minimum Gasteiger partial charge on any atom is -0.497 e. The van der Waals surface area contributed by atoms with E-state index in [1.807, 2.05) is 36.4 Å². The highest BCUT2D eigenvalue weighted by Crippen LogP contribution is 2.29. The number of imide groups is 1. The molecule has 0 saturated heterocycles. The SMILES string of the molecule is COc1ccc2c(c1)C(=O)N(C[C@H](NC(=O)NC=O)c1ccc(OC3CCCC3)cc1)C2. The number of urea groups is 1. The molecule has 4 rings (SSSR count). The molecule has 0 spiro atoms. The van der Waals surface area contributed by atoms with E-state index in [1.54, 1.807) is 18.1 Å². The smallest absolute Gasteiger partial charge is 0.321 e. The Labute approximate surface area is 186 Å². The molecule has 4 amide bonds. The second kappa shape index (κ2) is 9.72. The summed E-state index contributed by atoms with van der Waals surface area (Å²) >= 11 is 0. The Morgan fingerprint density at radius 3 is 2.56 bits per heavy atom. The Morgan fingerprint density at radius 1 is 1.16 bits per heavy atom. The topological polar surface area (TPSA) is 97.0 Å². The molecule has 168 valence electrons. The molecule has 1 heterocycles. The monoisotopic (exact) mass is 437 g/mol. The molecule has 1 aliphatic carbocycles. The minimum atomic E-state index is -0.623. The van der Waals surface area contributed by atoms with Crippen LogP contribution in [0.5, 0.6) is 11.5 Å². The van der Waals surface area contributed by atoms with Crippen LogP contribution in [0, 0.1) is 0 Å². The van der Waals surface area contributed by atoms with Crippen molar-refractivity contribution in [2.24, 2.45) is 0 Å². The molecule has 2 aromatic carbocycles. The largest absolute Gasteiger partial charge is 0.497 e. The molecule has 0 bridgehead atoms. The Kier molecular flexibility index (Phi) is 6.58. The van der Waals surface area contributed by atoms with Crippen molar-refractivity contribution in [1.82, 2.24) is 15.5 Å². The number of amides is 4. The molecule has 8 nitrogen and oxygen atoms in total. The summed E-state index contributed by atoms with van der Waals surface area (Å²) in [4.78, 5) is 37.4. The quantitative estimate of drug-likeness (QED) is 0.619. The summed E-state index contributed by atoms with van der Waals surface area (Å²) < 4.78 is 11.3. The van der Waals surface area contributed by atoms with Crippen LogP contribution in [0.15, 0.2) is 42.5 Å². The van der Waals surface area contributed by atoms with Crippen LogP contribution in [0.4, 0.5) is 4.79 Å². The fraction of sp³-hybridized carbons (Fsp3) is 0.375. The predicted molar refractivity (Wildman–Crippen MR) is 118 cm³/mol. The fourth-order valence-corrected chi connectivity index (χ4v) is 4.30. The summed E-state index contributed by atoms with van der Waals surface area (Å²) in [5.41, 5.74) is 2.32. The first kappa shape index (κ1) is 21.7. The summed E-state index contributed by atoms with van der Waals surface area (Å²) in [6, 6.07) is 11.8. The van der Waals surface area contributed by atoms with E-state index in [0.29, 0.717) is 24.3 Å². The van der Waals surface area contributed by atoms with E-state index in [-0.39, 0.29) is 18.6 Å². The molecule has 0 aromatic heterocycles. The molecule has 32 heavy (non-hydrogen) atoms. The molecule has 8 heteroatoms. The number of nitrogens with zero attached hydrogens (tertiary/aromatic N) is 1. The maximum Gasteiger partial charge on any atom is 0.321 e. The zero-order chi connectivity index (χ0) is 22.5. The van der Waals surface area contributed by atoms with E-state index in [4.69, 9.17) is 9.47 Å². The molecule has 1 saturated carbocycles. The van der Waals surface area contributed by atoms with Gasteiger partial charge >= 0.3 is 6.03 Å². The second-order valence-electron chi connectivity index (χ2n) is 8.09. The minimum absolute atomic E-state index is 0.123. The second-order valence-corrected chi connectivity index (χ2v) is 8.09. The first-order valence-electron chi connectivity index (χ1n) is 10.8. The third kappa shape index (κ3) is 4.85. The van der Waals surface area contributed by atoms with E-state index in [2.05, 4.69) is 10.6 Å². The summed E-state index contributed by atoms with van der Waals surface area (Å²) in [6.07, 6.45) is 5.11. The van der Waals surface area contributed by atoms with Gasteiger partial charge in [0, 0.05) is 18.7 Å². The molecule has 1 fully saturated rings. The van der Waals surface area contributed by atoms with Crippen LogP contribution in [0.3, 0.4) is 0 Å². The average Bonchev–Trinajstić information content (AvgIpc) is 3.42. The molecule has 0 radical (unpaired) electrons. The van der Waals surface area contributed by atoms with Gasteiger partial charge in [-0.05, 0) is 61.1 Å². The number of methoxy groups -OCH3 is 1. The summed E-state index contributed by atoms with van der Waals surface area (Å²) in [7, 11) is 1.56. The lowest BCUT2D eigenvalue weighted by Gasteiger charge is -2.25. The number of fused-ring (bicyclic) bond motifs is 1. The first-order valence-corrected chi connectivity index (χ1v) is 10.8. The van der Waals surface area contributed by atoms with Crippen LogP contribution in [0.2, 0.25) is 0 Å². The first-order chi connectivity index (χ1) is 15.6. The number of rotatable bonds is 8. The van der Waals surface area contributed by atoms with Crippen molar-refractivity contribution < 1.29 is 23.9 Å². The lowest BCUT2D eigenvalue weighted by molar-refractivity contribution is -0.108. The van der Waals surface area contributed by atoms with Crippen molar-refractivity contribution in [3.05, 3.63) is 59.2 Å². The fourth-order valence-electron chi connectivity index (χ4n) is 4.30. The van der Waals surface area contributed by atoms with Crippen LogP contribution >= 0.6 is 0 Å². The van der Waals surface area contributed by atoms with Gasteiger partial charge in [0.1, 0.15) is 11.5 Å². The van der Waals surface area contributed by atoms with Gasteiger partial charge in [0.2, 0.25) is 6.41 Å². The lowest BCUT2D eigenvalue weighted by atomic mass is 10.1. The summed E-state index contributed by atoms with van der Waals surface area (Å²) in [5, 5.41) is 4.88. The number of carbonyl (C=O) groups is 3. The van der Waals surface area contributed by atoms with Crippen LogP contribution < -0.4 is 20.1 Å². The van der Waals surface area contributed by atoms with Gasteiger partial charge in [-0.1, -0.05) is 18.2 Å². The lowest BCUT2D eigenvalue weighted by Crippen LogP contribution is -2.42. The number of nitrogens with one attached hydrogen (secondary N) is 2. The van der Waals surface area contributed by atoms with Crippen LogP contribution in [0.25, 0.3) is 0 Å². The standard InChI is InChI=1S/C24H27N3O5/c1-31-20-11-8-17-13-27(23(29)21(17)12-20)14-22(26-24(30)25-15-28)16-6-9-19(10-7-16)32-18-4-2-3-5-18/h6-12,15,18,22H,2-5,13-14H2,1H3,(H2,25,26,28,30)/t22-/m0/s1. The zero-order valence-electron chi connectivity index (χ0n) is 18.0. The van der Waals surface area contributed by atoms with Crippen molar-refractivity contribution >= 4 is 18.3 Å². The normalized spacial score (nSPS) is 16.4. The Hall–Kier alpha value is -3.55. The number of benzene rings is 2.